The molecule has 0 saturated carbocycles. The molecule has 1 atom stereocenters. The van der Waals surface area contributed by atoms with Gasteiger partial charge >= 0.3 is 12.0 Å². The Morgan fingerprint density at radius 3 is 2.46 bits per heavy atom. The summed E-state index contributed by atoms with van der Waals surface area (Å²) in [7, 11) is 0. The molecule has 0 bridgehead atoms. The van der Waals surface area contributed by atoms with Crippen LogP contribution < -0.4 is 10.7 Å². The summed E-state index contributed by atoms with van der Waals surface area (Å²) in [4.78, 5) is 47.7. The summed E-state index contributed by atoms with van der Waals surface area (Å²) in [5.74, 6) is -2.32. The van der Waals surface area contributed by atoms with E-state index < -0.39 is 36.0 Å². The number of esters is 1. The summed E-state index contributed by atoms with van der Waals surface area (Å²) < 4.78 is 4.76. The van der Waals surface area contributed by atoms with Crippen molar-refractivity contribution in [2.45, 2.75) is 26.3 Å². The first-order valence-corrected chi connectivity index (χ1v) is 7.44. The zero-order chi connectivity index (χ0) is 17.9. The largest absolute Gasteiger partial charge is 0.455 e. The maximum atomic E-state index is 12.5. The molecular weight excluding hydrogens is 314 g/mol. The number of hydrogen-bond donors (Lipinski definition) is 2. The van der Waals surface area contributed by atoms with E-state index in [4.69, 9.17) is 4.74 Å². The van der Waals surface area contributed by atoms with Crippen LogP contribution in [0.25, 0.3) is 0 Å². The fourth-order valence-corrected chi connectivity index (χ4v) is 2.17. The van der Waals surface area contributed by atoms with E-state index in [9.17, 15) is 19.2 Å². The smallest absolute Gasteiger partial charge is 0.344 e. The number of hydrazine groups is 1. The second kappa shape index (κ2) is 6.69. The predicted octanol–water partition coefficient (Wildman–Crippen LogP) is 0.684. The first-order chi connectivity index (χ1) is 11.3. The van der Waals surface area contributed by atoms with Gasteiger partial charge in [-0.3, -0.25) is 19.8 Å². The minimum atomic E-state index is -1.28. The third kappa shape index (κ3) is 3.37. The lowest BCUT2D eigenvalue weighted by Crippen LogP contribution is -2.49. The molecule has 0 aromatic heterocycles. The minimum absolute atomic E-state index is 0.379. The highest BCUT2D eigenvalue weighted by molar-refractivity contribution is 6.08. The number of benzene rings is 1. The van der Waals surface area contributed by atoms with Crippen LogP contribution in [0.3, 0.4) is 0 Å². The lowest BCUT2D eigenvalue weighted by atomic mass is 9.92. The normalized spacial score (nSPS) is 20.1. The Hall–Kier alpha value is -2.90. The molecule has 1 aromatic carbocycles. The average Bonchev–Trinajstić information content (AvgIpc) is 2.77. The summed E-state index contributed by atoms with van der Waals surface area (Å²) in [5, 5.41) is 3.15. The Morgan fingerprint density at radius 1 is 1.25 bits per heavy atom. The monoisotopic (exact) mass is 333 g/mol. The summed E-state index contributed by atoms with van der Waals surface area (Å²) in [6.07, 6.45) is 0. The van der Waals surface area contributed by atoms with Gasteiger partial charge in [0, 0.05) is 0 Å². The van der Waals surface area contributed by atoms with Crippen LogP contribution in [0.15, 0.2) is 30.3 Å². The van der Waals surface area contributed by atoms with E-state index in [1.807, 2.05) is 0 Å². The molecule has 1 aromatic rings. The molecule has 128 valence electrons. The Morgan fingerprint density at radius 2 is 1.88 bits per heavy atom. The van der Waals surface area contributed by atoms with Gasteiger partial charge in [-0.05, 0) is 12.5 Å². The van der Waals surface area contributed by atoms with Crippen molar-refractivity contribution in [3.8, 4) is 0 Å². The summed E-state index contributed by atoms with van der Waals surface area (Å²) in [6.45, 7) is 4.23. The maximum absolute atomic E-state index is 12.5. The highest BCUT2D eigenvalue weighted by Gasteiger charge is 2.49. The molecule has 0 radical (unpaired) electrons. The Bertz CT molecular complexity index is 674. The summed E-state index contributed by atoms with van der Waals surface area (Å²) in [6, 6.07) is 7.92. The summed E-state index contributed by atoms with van der Waals surface area (Å²) in [5.41, 5.74) is 1.46. The molecule has 0 aliphatic carbocycles. The molecule has 1 heterocycles. The van der Waals surface area contributed by atoms with Gasteiger partial charge in [0.25, 0.3) is 11.8 Å². The molecule has 1 saturated heterocycles. The topological polar surface area (TPSA) is 105 Å². The van der Waals surface area contributed by atoms with Crippen LogP contribution in [0.2, 0.25) is 0 Å². The van der Waals surface area contributed by atoms with Crippen molar-refractivity contribution in [2.75, 3.05) is 6.61 Å². The standard InChI is InChI=1S/C16H19N3O5/c1-10(2)13(21)24-9-12(20)18-19-14(22)16(3,17-15(19)23)11-7-5-4-6-8-11/h4-8,10H,9H2,1-3H3,(H,17,23)(H,18,20)/t16-/m0/s1. The number of ether oxygens (including phenoxy) is 1. The van der Waals surface area contributed by atoms with Gasteiger partial charge in [-0.15, -0.1) is 0 Å². The van der Waals surface area contributed by atoms with Gasteiger partial charge in [-0.25, -0.2) is 4.79 Å². The zero-order valence-corrected chi connectivity index (χ0v) is 13.7. The predicted molar refractivity (Wildman–Crippen MR) is 83.1 cm³/mol. The fourth-order valence-electron chi connectivity index (χ4n) is 2.17. The van der Waals surface area contributed by atoms with Crippen LogP contribution in [0.4, 0.5) is 4.79 Å². The number of hydrogen-bond acceptors (Lipinski definition) is 5. The van der Waals surface area contributed by atoms with Crippen LogP contribution in [-0.4, -0.2) is 35.4 Å². The molecule has 0 spiro atoms. The van der Waals surface area contributed by atoms with Crippen LogP contribution in [0.1, 0.15) is 26.3 Å². The van der Waals surface area contributed by atoms with Crippen molar-refractivity contribution >= 4 is 23.8 Å². The van der Waals surface area contributed by atoms with Gasteiger partial charge in [0.1, 0.15) is 5.54 Å². The van der Waals surface area contributed by atoms with Crippen molar-refractivity contribution in [3.05, 3.63) is 35.9 Å². The molecule has 2 N–H and O–H groups in total. The number of nitrogens with one attached hydrogen (secondary N) is 2. The SMILES string of the molecule is CC(C)C(=O)OCC(=O)NN1C(=O)N[C@@](C)(c2ccccc2)C1=O. The van der Waals surface area contributed by atoms with E-state index in [1.165, 1.54) is 0 Å². The van der Waals surface area contributed by atoms with Crippen LogP contribution in [-0.2, 0) is 24.7 Å². The van der Waals surface area contributed by atoms with Gasteiger partial charge in [-0.1, -0.05) is 44.2 Å². The fraction of sp³-hybridized carbons (Fsp3) is 0.375. The van der Waals surface area contributed by atoms with Gasteiger partial charge in [0.2, 0.25) is 0 Å². The van der Waals surface area contributed by atoms with Gasteiger partial charge in [-0.2, -0.15) is 5.01 Å². The number of rotatable bonds is 5. The zero-order valence-electron chi connectivity index (χ0n) is 13.7. The number of carbonyl (C=O) groups excluding carboxylic acids is 4. The van der Waals surface area contributed by atoms with E-state index >= 15 is 0 Å². The molecule has 8 heteroatoms. The van der Waals surface area contributed by atoms with E-state index in [1.54, 1.807) is 51.1 Å². The van der Waals surface area contributed by atoms with Gasteiger partial charge < -0.3 is 10.1 Å². The van der Waals surface area contributed by atoms with Gasteiger partial charge in [0.05, 0.1) is 5.92 Å². The molecule has 0 unspecified atom stereocenters. The average molecular weight is 333 g/mol. The van der Waals surface area contributed by atoms with E-state index in [-0.39, 0.29) is 5.92 Å². The molecule has 1 aliphatic rings. The number of nitrogens with zero attached hydrogens (tertiary/aromatic N) is 1. The maximum Gasteiger partial charge on any atom is 0.344 e. The number of urea groups is 1. The molecule has 24 heavy (non-hydrogen) atoms. The van der Waals surface area contributed by atoms with E-state index in [0.717, 1.165) is 0 Å². The molecule has 8 nitrogen and oxygen atoms in total. The van der Waals surface area contributed by atoms with Crippen molar-refractivity contribution in [3.63, 3.8) is 0 Å². The quantitative estimate of drug-likeness (QED) is 0.609. The highest BCUT2D eigenvalue weighted by atomic mass is 16.5. The number of imide groups is 1. The molecule has 4 amide bonds. The van der Waals surface area contributed by atoms with E-state index in [2.05, 4.69) is 10.7 Å². The van der Waals surface area contributed by atoms with Crippen molar-refractivity contribution < 1.29 is 23.9 Å². The Kier molecular flexibility index (Phi) is 4.87. The molecule has 2 rings (SSSR count). The molecular formula is C16H19N3O5. The molecule has 1 aliphatic heterocycles. The summed E-state index contributed by atoms with van der Waals surface area (Å²) >= 11 is 0. The molecule has 1 fully saturated rings. The van der Waals surface area contributed by atoms with Crippen LogP contribution in [0.5, 0.6) is 0 Å². The van der Waals surface area contributed by atoms with E-state index in [0.29, 0.717) is 10.6 Å². The van der Waals surface area contributed by atoms with Crippen molar-refractivity contribution in [1.29, 1.82) is 0 Å². The van der Waals surface area contributed by atoms with Crippen molar-refractivity contribution in [2.24, 2.45) is 5.92 Å². The van der Waals surface area contributed by atoms with Crippen LogP contribution >= 0.6 is 0 Å². The highest BCUT2D eigenvalue weighted by Crippen LogP contribution is 2.27. The number of carbonyl (C=O) groups is 4. The van der Waals surface area contributed by atoms with Gasteiger partial charge in [0.15, 0.2) is 6.61 Å². The second-order valence-corrected chi connectivity index (χ2v) is 5.86. The first kappa shape index (κ1) is 17.5. The number of amides is 4. The Balaban J connectivity index is 2.04. The van der Waals surface area contributed by atoms with Crippen LogP contribution in [0, 0.1) is 5.92 Å². The second-order valence-electron chi connectivity index (χ2n) is 5.86. The third-order valence-electron chi connectivity index (χ3n) is 3.60. The lowest BCUT2D eigenvalue weighted by molar-refractivity contribution is -0.153. The third-order valence-corrected chi connectivity index (χ3v) is 3.60. The lowest BCUT2D eigenvalue weighted by Gasteiger charge is -2.22. The first-order valence-electron chi connectivity index (χ1n) is 7.44. The Labute approximate surface area is 139 Å². The van der Waals surface area contributed by atoms with Crippen molar-refractivity contribution in [1.82, 2.24) is 15.8 Å². The minimum Gasteiger partial charge on any atom is -0.455 e.